The summed E-state index contributed by atoms with van der Waals surface area (Å²) in [5, 5.41) is 3.43. The lowest BCUT2D eigenvalue weighted by Gasteiger charge is -2.36. The molecule has 2 heterocycles. The molecule has 1 aromatic rings. The molecule has 0 aliphatic carbocycles. The average Bonchev–Trinajstić information content (AvgIpc) is 3.02. The van der Waals surface area contributed by atoms with E-state index in [-0.39, 0.29) is 19.6 Å². The number of hydrazine groups is 1. The lowest BCUT2D eigenvalue weighted by molar-refractivity contribution is -0.139. The molecule has 188 valence electrons. The van der Waals surface area contributed by atoms with Gasteiger partial charge in [0.2, 0.25) is 0 Å². The Kier molecular flexibility index (Phi) is 8.29. The summed E-state index contributed by atoms with van der Waals surface area (Å²) in [4.78, 5) is 39.7. The number of hydrogen-bond acceptors (Lipinski definition) is 6. The Balaban J connectivity index is 1.50. The second-order valence-corrected chi connectivity index (χ2v) is 10.6. The third-order valence-electron chi connectivity index (χ3n) is 6.31. The van der Waals surface area contributed by atoms with Gasteiger partial charge in [0.25, 0.3) is 22.0 Å². The Morgan fingerprint density at radius 2 is 1.71 bits per heavy atom. The molecule has 12 heteroatoms. The van der Waals surface area contributed by atoms with Gasteiger partial charge < -0.3 is 5.32 Å². The topological polar surface area (TPSA) is 122 Å². The number of urea groups is 1. The summed E-state index contributed by atoms with van der Waals surface area (Å²) in [5.74, 6) is -1.01. The number of nitrogens with one attached hydrogen (secondary N) is 2. The predicted molar refractivity (Wildman–Crippen MR) is 127 cm³/mol. The molecule has 34 heavy (non-hydrogen) atoms. The number of nitrogens with zero attached hydrogens (tertiary/aromatic N) is 4. The normalized spacial score (nSPS) is 22.3. The number of carbonyl (C=O) groups is 3. The minimum atomic E-state index is -3.51. The van der Waals surface area contributed by atoms with Crippen LogP contribution in [0.15, 0.2) is 30.3 Å². The Morgan fingerprint density at radius 3 is 2.29 bits per heavy atom. The largest absolute Gasteiger partial charge is 0.344 e. The van der Waals surface area contributed by atoms with Crippen LogP contribution in [0.2, 0.25) is 0 Å². The lowest BCUT2D eigenvalue weighted by Crippen LogP contribution is -2.56. The van der Waals surface area contributed by atoms with Crippen molar-refractivity contribution in [2.45, 2.75) is 39.2 Å². The summed E-state index contributed by atoms with van der Waals surface area (Å²) in [6.45, 7) is 7.30. The van der Waals surface area contributed by atoms with Crippen LogP contribution in [0, 0.1) is 0 Å². The average molecular weight is 495 g/mol. The minimum Gasteiger partial charge on any atom is -0.322 e. The highest BCUT2D eigenvalue weighted by Gasteiger charge is 2.48. The number of hydrogen-bond donors (Lipinski definition) is 2. The molecule has 1 atom stereocenters. The third kappa shape index (κ3) is 5.74. The Bertz CT molecular complexity index is 992. The van der Waals surface area contributed by atoms with Gasteiger partial charge in [-0.3, -0.25) is 19.9 Å². The molecule has 0 radical (unpaired) electrons. The van der Waals surface area contributed by atoms with E-state index < -0.39 is 33.6 Å². The van der Waals surface area contributed by atoms with E-state index in [1.807, 2.05) is 30.3 Å². The molecule has 1 aromatic carbocycles. The molecule has 3 rings (SSSR count). The highest BCUT2D eigenvalue weighted by Crippen LogP contribution is 2.22. The monoisotopic (exact) mass is 494 g/mol. The zero-order valence-electron chi connectivity index (χ0n) is 20.0. The van der Waals surface area contributed by atoms with Crippen LogP contribution >= 0.6 is 0 Å². The molecular weight excluding hydrogens is 460 g/mol. The van der Waals surface area contributed by atoms with Crippen molar-refractivity contribution in [3.63, 3.8) is 0 Å². The lowest BCUT2D eigenvalue weighted by atomic mass is 9.93. The fraction of sp³-hybridized carbons (Fsp3) is 0.591. The molecule has 0 spiro atoms. The maximum Gasteiger partial charge on any atom is 0.344 e. The number of rotatable bonds is 10. The van der Waals surface area contributed by atoms with Crippen molar-refractivity contribution in [2.75, 3.05) is 45.8 Å². The van der Waals surface area contributed by atoms with Crippen LogP contribution in [-0.2, 0) is 26.2 Å². The SMILES string of the molecule is CCN(CC)S(=O)(=O)N1CCN(CC(=O)NN2C(=O)NC(C)(CCc3ccccc3)C2=O)CC1. The molecule has 2 fully saturated rings. The molecule has 2 N–H and O–H groups in total. The van der Waals surface area contributed by atoms with Gasteiger partial charge in [0.05, 0.1) is 6.54 Å². The van der Waals surface area contributed by atoms with E-state index in [0.29, 0.717) is 39.0 Å². The van der Waals surface area contributed by atoms with Crippen molar-refractivity contribution in [2.24, 2.45) is 0 Å². The Hall–Kier alpha value is -2.54. The molecule has 0 bridgehead atoms. The number of piperazine rings is 1. The van der Waals surface area contributed by atoms with E-state index in [1.165, 1.54) is 8.61 Å². The highest BCUT2D eigenvalue weighted by molar-refractivity contribution is 7.86. The summed E-state index contributed by atoms with van der Waals surface area (Å²) in [5.41, 5.74) is 2.35. The van der Waals surface area contributed by atoms with Crippen molar-refractivity contribution in [3.05, 3.63) is 35.9 Å². The zero-order chi connectivity index (χ0) is 24.9. The number of amides is 4. The van der Waals surface area contributed by atoms with Gasteiger partial charge in [-0.25, -0.2) is 4.79 Å². The van der Waals surface area contributed by atoms with E-state index in [0.717, 1.165) is 10.6 Å². The van der Waals surface area contributed by atoms with Crippen molar-refractivity contribution < 1.29 is 22.8 Å². The highest BCUT2D eigenvalue weighted by atomic mass is 32.2. The van der Waals surface area contributed by atoms with Crippen molar-refractivity contribution in [1.29, 1.82) is 0 Å². The van der Waals surface area contributed by atoms with E-state index in [1.54, 1.807) is 25.7 Å². The Labute approximate surface area is 201 Å². The van der Waals surface area contributed by atoms with E-state index in [2.05, 4.69) is 10.7 Å². The van der Waals surface area contributed by atoms with Crippen LogP contribution in [0.5, 0.6) is 0 Å². The Morgan fingerprint density at radius 1 is 1.09 bits per heavy atom. The van der Waals surface area contributed by atoms with Gasteiger partial charge in [-0.1, -0.05) is 44.2 Å². The molecule has 1 unspecified atom stereocenters. The summed E-state index contributed by atoms with van der Waals surface area (Å²) < 4.78 is 28.1. The second-order valence-electron chi connectivity index (χ2n) is 8.69. The van der Waals surface area contributed by atoms with Crippen LogP contribution in [0.3, 0.4) is 0 Å². The van der Waals surface area contributed by atoms with Crippen LogP contribution in [0.4, 0.5) is 4.79 Å². The molecular formula is C22H34N6O5S. The predicted octanol–water partition coefficient (Wildman–Crippen LogP) is 0.165. The molecule has 2 aliphatic rings. The van der Waals surface area contributed by atoms with E-state index in [4.69, 9.17) is 0 Å². The van der Waals surface area contributed by atoms with Crippen LogP contribution < -0.4 is 10.7 Å². The molecule has 2 aliphatic heterocycles. The first-order chi connectivity index (χ1) is 16.1. The number of benzene rings is 1. The first kappa shape index (κ1) is 26.1. The second kappa shape index (κ2) is 10.8. The molecule has 0 saturated carbocycles. The van der Waals surface area contributed by atoms with Gasteiger partial charge in [-0.05, 0) is 25.3 Å². The van der Waals surface area contributed by atoms with Gasteiger partial charge in [0.1, 0.15) is 5.54 Å². The number of carbonyl (C=O) groups excluding carboxylic acids is 3. The zero-order valence-corrected chi connectivity index (χ0v) is 20.8. The standard InChI is InChI=1S/C22H34N6O5S/c1-4-26(5-2)34(32,33)27-15-13-25(14-16-27)17-19(29)24-28-20(30)22(3,23-21(28)31)12-11-18-9-7-6-8-10-18/h6-10H,4-5,11-17H2,1-3H3,(H,23,31)(H,24,29). The van der Waals surface area contributed by atoms with Crippen molar-refractivity contribution in [1.82, 2.24) is 29.3 Å². The minimum absolute atomic E-state index is 0.0447. The molecule has 11 nitrogen and oxygen atoms in total. The summed E-state index contributed by atoms with van der Waals surface area (Å²) >= 11 is 0. The summed E-state index contributed by atoms with van der Waals surface area (Å²) in [6, 6.07) is 8.99. The van der Waals surface area contributed by atoms with E-state index >= 15 is 0 Å². The molecule has 4 amide bonds. The maximum atomic E-state index is 12.9. The smallest absolute Gasteiger partial charge is 0.322 e. The van der Waals surface area contributed by atoms with Crippen LogP contribution in [-0.4, -0.2) is 96.1 Å². The van der Waals surface area contributed by atoms with Gasteiger partial charge in [-0.2, -0.15) is 22.0 Å². The fourth-order valence-corrected chi connectivity index (χ4v) is 5.79. The molecule has 2 saturated heterocycles. The van der Waals surface area contributed by atoms with Crippen molar-refractivity contribution in [3.8, 4) is 0 Å². The quantitative estimate of drug-likeness (QED) is 0.447. The van der Waals surface area contributed by atoms with Gasteiger partial charge in [-0.15, -0.1) is 0 Å². The summed E-state index contributed by atoms with van der Waals surface area (Å²) in [6.07, 6.45) is 1.00. The number of imide groups is 1. The van der Waals surface area contributed by atoms with Gasteiger partial charge >= 0.3 is 6.03 Å². The fourth-order valence-electron chi connectivity index (χ4n) is 4.19. The summed E-state index contributed by atoms with van der Waals surface area (Å²) in [7, 11) is -3.51. The first-order valence-corrected chi connectivity index (χ1v) is 13.0. The van der Waals surface area contributed by atoms with Gasteiger partial charge in [0.15, 0.2) is 0 Å². The van der Waals surface area contributed by atoms with E-state index in [9.17, 15) is 22.8 Å². The molecule has 0 aromatic heterocycles. The maximum absolute atomic E-state index is 12.9. The van der Waals surface area contributed by atoms with Crippen LogP contribution in [0.1, 0.15) is 32.8 Å². The third-order valence-corrected chi connectivity index (χ3v) is 8.50. The van der Waals surface area contributed by atoms with Gasteiger partial charge in [0, 0.05) is 39.3 Å². The van der Waals surface area contributed by atoms with Crippen molar-refractivity contribution >= 4 is 28.1 Å². The first-order valence-electron chi connectivity index (χ1n) is 11.6. The number of aryl methyl sites for hydroxylation is 1. The van der Waals surface area contributed by atoms with Crippen LogP contribution in [0.25, 0.3) is 0 Å².